The van der Waals surface area contributed by atoms with E-state index in [2.05, 4.69) is 6.07 Å². The molecule has 0 bridgehead atoms. The highest BCUT2D eigenvalue weighted by Gasteiger charge is 2.31. The second-order valence-corrected chi connectivity index (χ2v) is 7.28. The zero-order valence-corrected chi connectivity index (χ0v) is 17.0. The van der Waals surface area contributed by atoms with Crippen LogP contribution >= 0.6 is 11.6 Å². The maximum Gasteiger partial charge on any atom is 0.336 e. The molecular formula is C25H17ClN2O3. The van der Waals surface area contributed by atoms with Crippen LogP contribution in [0.3, 0.4) is 0 Å². The van der Waals surface area contributed by atoms with Gasteiger partial charge in [-0.15, -0.1) is 0 Å². The van der Waals surface area contributed by atoms with E-state index in [-0.39, 0.29) is 5.88 Å². The average Bonchev–Trinajstić information content (AvgIpc) is 2.78. The van der Waals surface area contributed by atoms with Crippen LogP contribution in [0.5, 0.6) is 11.5 Å². The lowest BCUT2D eigenvalue weighted by atomic mass is 9.83. The molecule has 1 aliphatic heterocycles. The summed E-state index contributed by atoms with van der Waals surface area (Å²) in [7, 11) is 0. The molecule has 2 N–H and O–H groups in total. The number of nitrogens with zero attached hydrogens (tertiary/aromatic N) is 1. The second kappa shape index (κ2) is 8.78. The first-order chi connectivity index (χ1) is 15.0. The molecule has 152 valence electrons. The minimum absolute atomic E-state index is 0.0161. The van der Waals surface area contributed by atoms with Gasteiger partial charge in [-0.3, -0.25) is 0 Å². The Balaban J connectivity index is 1.61. The van der Waals surface area contributed by atoms with E-state index in [0.29, 0.717) is 22.1 Å². The SMILES string of the molecule is N#CC1=C(N)Oc2cc(OC(=O)/C=C/c3ccccc3)ccc2C1c1ccc(Cl)cc1. The third-order valence-corrected chi connectivity index (χ3v) is 5.08. The predicted octanol–water partition coefficient (Wildman–Crippen LogP) is 5.18. The molecule has 0 spiro atoms. The van der Waals surface area contributed by atoms with Crippen LogP contribution in [0.1, 0.15) is 22.6 Å². The van der Waals surface area contributed by atoms with Gasteiger partial charge in [-0.25, -0.2) is 4.79 Å². The first-order valence-electron chi connectivity index (χ1n) is 9.47. The summed E-state index contributed by atoms with van der Waals surface area (Å²) in [6, 6.07) is 23.8. The van der Waals surface area contributed by atoms with Crippen LogP contribution in [0.15, 0.2) is 90.3 Å². The number of rotatable bonds is 4. The smallest absolute Gasteiger partial charge is 0.336 e. The van der Waals surface area contributed by atoms with Crippen molar-refractivity contribution < 1.29 is 14.3 Å². The number of hydrogen-bond acceptors (Lipinski definition) is 5. The van der Waals surface area contributed by atoms with E-state index < -0.39 is 11.9 Å². The maximum absolute atomic E-state index is 12.2. The molecule has 6 heteroatoms. The first-order valence-corrected chi connectivity index (χ1v) is 9.85. The summed E-state index contributed by atoms with van der Waals surface area (Å²) in [4.78, 5) is 12.2. The average molecular weight is 429 g/mol. The first kappa shape index (κ1) is 20.3. The highest BCUT2D eigenvalue weighted by molar-refractivity contribution is 6.30. The van der Waals surface area contributed by atoms with E-state index in [1.54, 1.807) is 36.4 Å². The quantitative estimate of drug-likeness (QED) is 0.351. The van der Waals surface area contributed by atoms with Gasteiger partial charge in [-0.1, -0.05) is 60.1 Å². The van der Waals surface area contributed by atoms with Crippen LogP contribution < -0.4 is 15.2 Å². The maximum atomic E-state index is 12.2. The summed E-state index contributed by atoms with van der Waals surface area (Å²) >= 11 is 6.00. The third-order valence-electron chi connectivity index (χ3n) is 4.82. The summed E-state index contributed by atoms with van der Waals surface area (Å²) in [6.07, 6.45) is 3.03. The number of nitriles is 1. The molecule has 4 rings (SSSR count). The minimum atomic E-state index is -0.518. The number of carbonyl (C=O) groups is 1. The van der Waals surface area contributed by atoms with Crippen molar-refractivity contribution in [1.82, 2.24) is 0 Å². The number of benzene rings is 3. The molecule has 1 unspecified atom stereocenters. The van der Waals surface area contributed by atoms with E-state index >= 15 is 0 Å². The molecule has 3 aromatic carbocycles. The molecule has 0 saturated heterocycles. The van der Waals surface area contributed by atoms with Gasteiger partial charge in [-0.05, 0) is 35.4 Å². The summed E-state index contributed by atoms with van der Waals surface area (Å²) in [5.74, 6) is -0.176. The van der Waals surface area contributed by atoms with Gasteiger partial charge in [0.05, 0.1) is 5.92 Å². The van der Waals surface area contributed by atoms with Crippen molar-refractivity contribution in [3.8, 4) is 17.6 Å². The molecule has 0 radical (unpaired) electrons. The number of fused-ring (bicyclic) bond motifs is 1. The predicted molar refractivity (Wildman–Crippen MR) is 118 cm³/mol. The van der Waals surface area contributed by atoms with Crippen LogP contribution in [0.4, 0.5) is 0 Å². The minimum Gasteiger partial charge on any atom is -0.440 e. The Labute approximate surface area is 184 Å². The molecular weight excluding hydrogens is 412 g/mol. The Morgan fingerprint density at radius 3 is 2.55 bits per heavy atom. The summed E-state index contributed by atoms with van der Waals surface area (Å²) in [5.41, 5.74) is 8.81. The number of hydrogen-bond donors (Lipinski definition) is 1. The highest BCUT2D eigenvalue weighted by Crippen LogP contribution is 2.43. The number of nitrogens with two attached hydrogens (primary N) is 1. The van der Waals surface area contributed by atoms with Gasteiger partial charge in [0.1, 0.15) is 23.1 Å². The topological polar surface area (TPSA) is 85.3 Å². The Morgan fingerprint density at radius 2 is 1.84 bits per heavy atom. The summed E-state index contributed by atoms with van der Waals surface area (Å²) in [5, 5.41) is 10.2. The van der Waals surface area contributed by atoms with E-state index in [9.17, 15) is 10.1 Å². The van der Waals surface area contributed by atoms with E-state index in [0.717, 1.165) is 16.7 Å². The Morgan fingerprint density at radius 1 is 1.10 bits per heavy atom. The number of esters is 1. The van der Waals surface area contributed by atoms with Crippen molar-refractivity contribution in [3.63, 3.8) is 0 Å². The number of halogens is 1. The van der Waals surface area contributed by atoms with Crippen molar-refractivity contribution in [2.24, 2.45) is 5.73 Å². The molecule has 0 aromatic heterocycles. The molecule has 3 aromatic rings. The van der Waals surface area contributed by atoms with Crippen molar-refractivity contribution in [3.05, 3.63) is 112 Å². The van der Waals surface area contributed by atoms with Crippen LogP contribution in [-0.2, 0) is 4.79 Å². The van der Waals surface area contributed by atoms with Gasteiger partial charge in [0, 0.05) is 22.7 Å². The van der Waals surface area contributed by atoms with Crippen molar-refractivity contribution >= 4 is 23.6 Å². The second-order valence-electron chi connectivity index (χ2n) is 6.84. The van der Waals surface area contributed by atoms with Gasteiger partial charge >= 0.3 is 5.97 Å². The lowest BCUT2D eigenvalue weighted by Crippen LogP contribution is -2.21. The molecule has 0 fully saturated rings. The molecule has 0 aliphatic carbocycles. The van der Waals surface area contributed by atoms with E-state index in [4.69, 9.17) is 26.8 Å². The number of ether oxygens (including phenoxy) is 2. The van der Waals surface area contributed by atoms with Crippen LogP contribution in [-0.4, -0.2) is 5.97 Å². The van der Waals surface area contributed by atoms with Gasteiger partial charge < -0.3 is 15.2 Å². The van der Waals surface area contributed by atoms with Crippen LogP contribution in [0.2, 0.25) is 5.02 Å². The zero-order valence-electron chi connectivity index (χ0n) is 16.3. The monoisotopic (exact) mass is 428 g/mol. The Bertz CT molecular complexity index is 1230. The fourth-order valence-electron chi connectivity index (χ4n) is 3.38. The molecule has 31 heavy (non-hydrogen) atoms. The van der Waals surface area contributed by atoms with Gasteiger partial charge in [0.2, 0.25) is 5.88 Å². The molecule has 5 nitrogen and oxygen atoms in total. The Hall–Kier alpha value is -4.01. The van der Waals surface area contributed by atoms with Gasteiger partial charge in [0.15, 0.2) is 0 Å². The lowest BCUT2D eigenvalue weighted by Gasteiger charge is -2.26. The van der Waals surface area contributed by atoms with Gasteiger partial charge in [0.25, 0.3) is 0 Å². The van der Waals surface area contributed by atoms with Crippen LogP contribution in [0, 0.1) is 11.3 Å². The summed E-state index contributed by atoms with van der Waals surface area (Å²) < 4.78 is 11.1. The molecule has 1 aliphatic rings. The van der Waals surface area contributed by atoms with E-state index in [1.807, 2.05) is 42.5 Å². The number of carbonyl (C=O) groups excluding carboxylic acids is 1. The largest absolute Gasteiger partial charge is 0.440 e. The molecule has 0 amide bonds. The lowest BCUT2D eigenvalue weighted by molar-refractivity contribution is -0.128. The molecule has 1 atom stereocenters. The standard InChI is InChI=1S/C25H17ClN2O3/c26-18-9-7-17(8-10-18)24-20-12-11-19(14-22(20)31-25(28)21(24)15-27)30-23(29)13-6-16-4-2-1-3-5-16/h1-14,24H,28H2/b13-6+. The van der Waals surface area contributed by atoms with Gasteiger partial charge in [-0.2, -0.15) is 5.26 Å². The van der Waals surface area contributed by atoms with E-state index in [1.165, 1.54) is 6.08 Å². The molecule has 0 saturated carbocycles. The van der Waals surface area contributed by atoms with Crippen molar-refractivity contribution in [2.75, 3.05) is 0 Å². The fourth-order valence-corrected chi connectivity index (χ4v) is 3.50. The third kappa shape index (κ3) is 4.45. The van der Waals surface area contributed by atoms with Crippen molar-refractivity contribution in [1.29, 1.82) is 5.26 Å². The van der Waals surface area contributed by atoms with Crippen molar-refractivity contribution in [2.45, 2.75) is 5.92 Å². The highest BCUT2D eigenvalue weighted by atomic mass is 35.5. The van der Waals surface area contributed by atoms with Crippen LogP contribution in [0.25, 0.3) is 6.08 Å². The normalized spacial score (nSPS) is 15.2. The Kier molecular flexibility index (Phi) is 5.74. The number of allylic oxidation sites excluding steroid dienone is 1. The fraction of sp³-hybridized carbons (Fsp3) is 0.0400. The molecule has 1 heterocycles. The zero-order chi connectivity index (χ0) is 21.8. The summed E-state index contributed by atoms with van der Waals surface area (Å²) in [6.45, 7) is 0.